The number of carbonyl (C=O) groups excluding carboxylic acids is 3. The van der Waals surface area contributed by atoms with Crippen LogP contribution in [0.5, 0.6) is 0 Å². The maximum Gasteiger partial charge on any atom is 0.306 e. The molecule has 8 bridgehead atoms. The average Bonchev–Trinajstić information content (AvgIpc) is 3.96. The van der Waals surface area contributed by atoms with Crippen LogP contribution in [-0.4, -0.2) is 39.6 Å². The molecule has 1 aliphatic carbocycles. The third-order valence-electron chi connectivity index (χ3n) is 13.5. The molecular weight excluding hydrogens is 745 g/mol. The van der Waals surface area contributed by atoms with Crippen molar-refractivity contribution in [3.63, 3.8) is 0 Å². The molecule has 0 saturated carbocycles. The number of hydrogen-bond acceptors (Lipinski definition) is 5. The summed E-state index contributed by atoms with van der Waals surface area (Å²) in [6.07, 6.45) is 27.4. The number of Topliss-reactive ketones (excluding diaryl/α,β-unsaturated/α-hetero) is 1. The van der Waals surface area contributed by atoms with Gasteiger partial charge in [-0.3, -0.25) is 9.59 Å². The van der Waals surface area contributed by atoms with Crippen molar-refractivity contribution in [3.8, 4) is 0 Å². The van der Waals surface area contributed by atoms with Crippen LogP contribution in [0.1, 0.15) is 173 Å². The van der Waals surface area contributed by atoms with Crippen LogP contribution in [0, 0.1) is 50.4 Å². The number of hydrogen-bond donors (Lipinski definition) is 4. The first-order valence-electron chi connectivity index (χ1n) is 22.9. The van der Waals surface area contributed by atoms with Crippen LogP contribution in [0.15, 0.2) is 30.1 Å². The zero-order valence-corrected chi connectivity index (χ0v) is 37.7. The van der Waals surface area contributed by atoms with Gasteiger partial charge in [0.15, 0.2) is 5.78 Å². The Morgan fingerprint density at radius 1 is 0.850 bits per heavy atom. The normalized spacial score (nSPS) is 22.0. The number of carbonyl (C=O) groups is 3. The van der Waals surface area contributed by atoms with Gasteiger partial charge in [-0.15, -0.1) is 0 Å². The molecule has 8 nitrogen and oxygen atoms in total. The second-order valence-corrected chi connectivity index (χ2v) is 18.2. The van der Waals surface area contributed by atoms with Gasteiger partial charge < -0.3 is 29.8 Å². The summed E-state index contributed by atoms with van der Waals surface area (Å²) < 4.78 is 5.69. The third kappa shape index (κ3) is 9.69. The molecule has 8 heteroatoms. The molecule has 322 valence electrons. The van der Waals surface area contributed by atoms with Crippen molar-refractivity contribution in [3.05, 3.63) is 97.0 Å². The van der Waals surface area contributed by atoms with Gasteiger partial charge in [-0.2, -0.15) is 0 Å². The van der Waals surface area contributed by atoms with Crippen LogP contribution in [0.4, 0.5) is 0 Å². The Bertz CT molecular complexity index is 2290. The maximum atomic E-state index is 14.1. The van der Waals surface area contributed by atoms with Gasteiger partial charge in [0.2, 0.25) is 0 Å². The first kappa shape index (κ1) is 44.7. The largest absolute Gasteiger partial charge is 0.461 e. The fraction of sp³-hybridized carbons (Fsp3) is 0.519. The minimum atomic E-state index is -0.939. The molecule has 0 spiro atoms. The van der Waals surface area contributed by atoms with Crippen molar-refractivity contribution < 1.29 is 19.1 Å². The molecule has 0 unspecified atom stereocenters. The van der Waals surface area contributed by atoms with Gasteiger partial charge in [0, 0.05) is 74.1 Å². The van der Waals surface area contributed by atoms with Gasteiger partial charge >= 0.3 is 5.97 Å². The Morgan fingerprint density at radius 2 is 1.57 bits per heavy atom. The van der Waals surface area contributed by atoms with Crippen LogP contribution in [0.2, 0.25) is 0 Å². The van der Waals surface area contributed by atoms with Gasteiger partial charge in [-0.1, -0.05) is 111 Å². The number of aromatic nitrogens is 3. The SMILES string of the molecule is C=Cc1c2[nH]c(c1C)/C=C1\N/C(=C3\c4[nH]c(c(C)c4C(=O)[C@@H]3C=O)/C=c3\[nH]/c(c(C)c3CC)=C\2)[C@@H](CCC(=O)OC/C=C/CCCCCCC[C@H](C)CCCC(C)C)[C@@H]1C. The van der Waals surface area contributed by atoms with Crippen molar-refractivity contribution in [2.75, 3.05) is 6.61 Å². The fourth-order valence-electron chi connectivity index (χ4n) is 9.80. The van der Waals surface area contributed by atoms with E-state index in [0.29, 0.717) is 23.3 Å². The van der Waals surface area contributed by atoms with Gasteiger partial charge in [-0.05, 0) is 98.8 Å². The summed E-state index contributed by atoms with van der Waals surface area (Å²) in [6.45, 7) is 21.9. The molecule has 0 radical (unpaired) electrons. The smallest absolute Gasteiger partial charge is 0.306 e. The molecule has 4 N–H and O–H groups in total. The average molecular weight is 815 g/mol. The zero-order valence-electron chi connectivity index (χ0n) is 37.7. The number of ether oxygens (including phenoxy) is 1. The Balaban J connectivity index is 1.17. The lowest BCUT2D eigenvalue weighted by Gasteiger charge is -2.18. The number of rotatable bonds is 20. The predicted molar refractivity (Wildman–Crippen MR) is 247 cm³/mol. The minimum absolute atomic E-state index is 0.0373. The number of nitrogens with one attached hydrogen (secondary N) is 4. The molecular formula is C52H70N4O4. The van der Waals surface area contributed by atoms with Crippen molar-refractivity contribution >= 4 is 47.9 Å². The quantitative estimate of drug-likeness (QED) is 0.0298. The number of H-pyrrole nitrogens is 3. The molecule has 5 heterocycles. The third-order valence-corrected chi connectivity index (χ3v) is 13.5. The second-order valence-electron chi connectivity index (χ2n) is 18.2. The monoisotopic (exact) mass is 815 g/mol. The maximum absolute atomic E-state index is 14.1. The Kier molecular flexibility index (Phi) is 15.0. The van der Waals surface area contributed by atoms with Crippen LogP contribution < -0.4 is 16.0 Å². The van der Waals surface area contributed by atoms with E-state index in [9.17, 15) is 14.4 Å². The number of esters is 1. The Hall–Kier alpha value is -4.85. The van der Waals surface area contributed by atoms with E-state index < -0.39 is 5.92 Å². The van der Waals surface area contributed by atoms with E-state index in [1.807, 2.05) is 19.1 Å². The van der Waals surface area contributed by atoms with Crippen LogP contribution in [0.25, 0.3) is 29.9 Å². The minimum Gasteiger partial charge on any atom is -0.461 e. The number of unbranched alkanes of at least 4 members (excludes halogenated alkanes) is 5. The van der Waals surface area contributed by atoms with Crippen molar-refractivity contribution in [1.29, 1.82) is 0 Å². The molecule has 4 atom stereocenters. The molecule has 1 saturated heterocycles. The summed E-state index contributed by atoms with van der Waals surface area (Å²) in [4.78, 5) is 51.0. The molecule has 0 aromatic carbocycles. The topological polar surface area (TPSA) is 120 Å². The van der Waals surface area contributed by atoms with Crippen molar-refractivity contribution in [1.82, 2.24) is 20.3 Å². The fourth-order valence-corrected chi connectivity index (χ4v) is 9.80. The number of allylic oxidation sites excluding steroid dienone is 4. The standard InChI is InChI=1S/C52H70N4O4/c1-10-37-33(6)41-27-43-35(8)39(24-25-47(58)60-26-19-17-15-13-12-14-16-18-22-32(5)23-20-21-31(3)4)50(55-43)49-40(30-57)52(59)48-36(9)44(56-51(48)49)29-46-38(11-2)34(7)42(54-46)28-45(37)53-41/h10,17,19,27-32,35,39-40,53-56H,1,11-16,18,20-26H2,2-9H3/b19-17+,42-28-,43-27-,46-29-,50-49-/t32-,35-,39-,40+/m0/s1. The summed E-state index contributed by atoms with van der Waals surface area (Å²) in [5.41, 5.74) is 11.7. The summed E-state index contributed by atoms with van der Waals surface area (Å²) >= 11 is 0. The highest BCUT2D eigenvalue weighted by Crippen LogP contribution is 2.47. The van der Waals surface area contributed by atoms with Crippen LogP contribution in [-0.2, 0) is 20.7 Å². The highest BCUT2D eigenvalue weighted by molar-refractivity contribution is 6.22. The summed E-state index contributed by atoms with van der Waals surface area (Å²) in [6, 6.07) is 0. The van der Waals surface area contributed by atoms with E-state index in [0.717, 1.165) is 93.2 Å². The van der Waals surface area contributed by atoms with Gasteiger partial charge in [0.25, 0.3) is 0 Å². The molecule has 6 rings (SSSR count). The van der Waals surface area contributed by atoms with Gasteiger partial charge in [-0.25, -0.2) is 0 Å². The van der Waals surface area contributed by atoms with Gasteiger partial charge in [0.1, 0.15) is 18.8 Å². The van der Waals surface area contributed by atoms with Gasteiger partial charge in [0.05, 0.1) is 5.69 Å². The Morgan fingerprint density at radius 3 is 2.30 bits per heavy atom. The number of aromatic amines is 3. The van der Waals surface area contributed by atoms with E-state index in [-0.39, 0.29) is 36.6 Å². The number of aldehydes is 1. The number of ketones is 1. The lowest BCUT2D eigenvalue weighted by Crippen LogP contribution is -2.18. The van der Waals surface area contributed by atoms with Crippen LogP contribution in [0.3, 0.4) is 0 Å². The predicted octanol–water partition coefficient (Wildman–Crippen LogP) is 10.5. The van der Waals surface area contributed by atoms with E-state index in [2.05, 4.69) is 99.6 Å². The molecule has 1 fully saturated rings. The highest BCUT2D eigenvalue weighted by atomic mass is 16.5. The molecule has 2 aliphatic heterocycles. The first-order chi connectivity index (χ1) is 28.9. The first-order valence-corrected chi connectivity index (χ1v) is 22.9. The molecule has 3 aliphatic rings. The van der Waals surface area contributed by atoms with E-state index >= 15 is 0 Å². The highest BCUT2D eigenvalue weighted by Gasteiger charge is 2.45. The Labute approximate surface area is 358 Å². The van der Waals surface area contributed by atoms with E-state index in [4.69, 9.17) is 4.74 Å². The second kappa shape index (κ2) is 20.1. The lowest BCUT2D eigenvalue weighted by molar-refractivity contribution is -0.142. The molecule has 3 aromatic rings. The zero-order chi connectivity index (χ0) is 43.1. The van der Waals surface area contributed by atoms with Crippen molar-refractivity contribution in [2.24, 2.45) is 29.6 Å². The van der Waals surface area contributed by atoms with Crippen LogP contribution >= 0.6 is 0 Å². The lowest BCUT2D eigenvalue weighted by atomic mass is 9.85. The summed E-state index contributed by atoms with van der Waals surface area (Å²) in [5, 5.41) is 5.69. The summed E-state index contributed by atoms with van der Waals surface area (Å²) in [7, 11) is 0. The van der Waals surface area contributed by atoms with E-state index in [1.54, 1.807) is 0 Å². The van der Waals surface area contributed by atoms with E-state index in [1.165, 1.54) is 62.5 Å². The van der Waals surface area contributed by atoms with Crippen molar-refractivity contribution in [2.45, 2.75) is 139 Å². The molecule has 3 aromatic heterocycles. The molecule has 0 amide bonds. The number of fused-ring (bicyclic) bond motifs is 7. The molecule has 60 heavy (non-hydrogen) atoms. The summed E-state index contributed by atoms with van der Waals surface area (Å²) in [5.74, 6) is 0.0695.